The lowest BCUT2D eigenvalue weighted by atomic mass is 10.1. The maximum Gasteiger partial charge on any atom is 0.263 e. The summed E-state index contributed by atoms with van der Waals surface area (Å²) in [4.78, 5) is 12.1. The third-order valence-corrected chi connectivity index (χ3v) is 3.84. The Morgan fingerprint density at radius 2 is 2.04 bits per heavy atom. The fourth-order valence-corrected chi connectivity index (χ4v) is 2.53. The van der Waals surface area contributed by atoms with Gasteiger partial charge >= 0.3 is 0 Å². The molecule has 3 aromatic rings. The van der Waals surface area contributed by atoms with Crippen molar-refractivity contribution in [3.63, 3.8) is 0 Å². The normalized spacial score (nSPS) is 10.4. The van der Waals surface area contributed by atoms with Crippen LogP contribution in [-0.4, -0.2) is 29.9 Å². The molecule has 3 rings (SSSR count). The quantitative estimate of drug-likeness (QED) is 0.708. The van der Waals surface area contributed by atoms with Crippen LogP contribution in [0.2, 0.25) is 5.02 Å². The average Bonchev–Trinajstić information content (AvgIpc) is 3.07. The number of nitrogens with zero attached hydrogens (tertiary/aromatic N) is 2. The lowest BCUT2D eigenvalue weighted by Gasteiger charge is -2.08. The zero-order chi connectivity index (χ0) is 18.5. The molecule has 1 aromatic heterocycles. The van der Waals surface area contributed by atoms with Gasteiger partial charge in [-0.05, 0) is 59.2 Å². The van der Waals surface area contributed by atoms with Crippen LogP contribution in [0, 0.1) is 6.92 Å². The number of methoxy groups -OCH3 is 1. The number of aromatic nitrogens is 2. The highest BCUT2D eigenvalue weighted by molar-refractivity contribution is 6.30. The zero-order valence-electron chi connectivity index (χ0n) is 14.2. The Morgan fingerprint density at radius 3 is 2.77 bits per heavy atom. The molecule has 0 unspecified atom stereocenters. The van der Waals surface area contributed by atoms with Crippen LogP contribution in [-0.2, 0) is 4.79 Å². The topological polar surface area (TPSA) is 86.5 Å². The van der Waals surface area contributed by atoms with Crippen LogP contribution in [0.5, 0.6) is 11.5 Å². The van der Waals surface area contributed by atoms with Gasteiger partial charge in [0.1, 0.15) is 11.5 Å². The third-order valence-electron chi connectivity index (χ3n) is 3.60. The van der Waals surface area contributed by atoms with E-state index >= 15 is 0 Å². The summed E-state index contributed by atoms with van der Waals surface area (Å²) in [5.41, 5.74) is 2.12. The highest BCUT2D eigenvalue weighted by atomic mass is 35.5. The molecule has 26 heavy (non-hydrogen) atoms. The predicted molar refractivity (Wildman–Crippen MR) is 96.6 cm³/mol. The molecule has 1 N–H and O–H groups in total. The Morgan fingerprint density at radius 1 is 1.19 bits per heavy atom. The van der Waals surface area contributed by atoms with Crippen LogP contribution in [0.1, 0.15) is 5.56 Å². The van der Waals surface area contributed by atoms with E-state index in [0.29, 0.717) is 16.5 Å². The lowest BCUT2D eigenvalue weighted by Crippen LogP contribution is -2.20. The summed E-state index contributed by atoms with van der Waals surface area (Å²) in [5.74, 6) is 1.05. The van der Waals surface area contributed by atoms with E-state index in [-0.39, 0.29) is 12.4 Å². The number of aryl methyl sites for hydroxylation is 1. The number of halogens is 1. The van der Waals surface area contributed by atoms with Crippen LogP contribution in [0.25, 0.3) is 11.3 Å². The molecule has 0 fully saturated rings. The molecule has 0 aliphatic heterocycles. The van der Waals surface area contributed by atoms with Crippen LogP contribution in [0.3, 0.4) is 0 Å². The number of carbonyl (C=O) groups is 1. The first-order valence-corrected chi connectivity index (χ1v) is 8.10. The molecular formula is C18H16ClN3O4. The summed E-state index contributed by atoms with van der Waals surface area (Å²) in [6, 6.07) is 12.3. The third kappa shape index (κ3) is 4.12. The summed E-state index contributed by atoms with van der Waals surface area (Å²) in [6.45, 7) is 1.70. The summed E-state index contributed by atoms with van der Waals surface area (Å²) in [6.07, 6.45) is 0. The van der Waals surface area contributed by atoms with Gasteiger partial charge in [-0.3, -0.25) is 4.79 Å². The molecule has 7 nitrogen and oxygen atoms in total. The molecule has 0 bridgehead atoms. The smallest absolute Gasteiger partial charge is 0.263 e. The van der Waals surface area contributed by atoms with Gasteiger partial charge < -0.3 is 14.8 Å². The van der Waals surface area contributed by atoms with Crippen molar-refractivity contribution in [2.75, 3.05) is 19.0 Å². The summed E-state index contributed by atoms with van der Waals surface area (Å²) < 4.78 is 15.4. The molecule has 0 aliphatic rings. The number of hydrogen-bond donors (Lipinski definition) is 1. The zero-order valence-corrected chi connectivity index (χ0v) is 14.9. The molecule has 0 atom stereocenters. The van der Waals surface area contributed by atoms with Crippen LogP contribution < -0.4 is 14.8 Å². The molecule has 8 heteroatoms. The molecule has 2 aromatic carbocycles. The molecule has 1 amide bonds. The Labute approximate surface area is 154 Å². The maximum atomic E-state index is 12.1. The second-order valence-electron chi connectivity index (χ2n) is 5.44. The molecule has 1 heterocycles. The Kier molecular flexibility index (Phi) is 5.38. The van der Waals surface area contributed by atoms with E-state index in [2.05, 4.69) is 15.6 Å². The summed E-state index contributed by atoms with van der Waals surface area (Å²) in [7, 11) is 1.59. The van der Waals surface area contributed by atoms with Gasteiger partial charge in [0.05, 0.1) is 7.11 Å². The standard InChI is InChI=1S/C18H16ClN3O4/c1-11-8-13(24-2)6-7-15(11)17-18(22-26-21-17)20-16(23)10-25-14-5-3-4-12(19)9-14/h3-9H,10H2,1-2H3,(H,20,22,23). The second-order valence-corrected chi connectivity index (χ2v) is 5.87. The lowest BCUT2D eigenvalue weighted by molar-refractivity contribution is -0.118. The number of benzene rings is 2. The van der Waals surface area contributed by atoms with E-state index in [1.807, 2.05) is 19.1 Å². The highest BCUT2D eigenvalue weighted by Crippen LogP contribution is 2.29. The number of nitrogens with one attached hydrogen (secondary N) is 1. The maximum absolute atomic E-state index is 12.1. The Hall–Kier alpha value is -3.06. The molecule has 0 spiro atoms. The first-order chi connectivity index (χ1) is 12.6. The fraction of sp³-hybridized carbons (Fsp3) is 0.167. The first-order valence-electron chi connectivity index (χ1n) is 7.72. The van der Waals surface area contributed by atoms with Crippen molar-refractivity contribution in [1.82, 2.24) is 10.3 Å². The van der Waals surface area contributed by atoms with Crippen molar-refractivity contribution < 1.29 is 18.9 Å². The molecule has 0 saturated carbocycles. The molecule has 0 aliphatic carbocycles. The molecule has 0 radical (unpaired) electrons. The van der Waals surface area contributed by atoms with Gasteiger partial charge in [0, 0.05) is 10.6 Å². The Balaban J connectivity index is 1.69. The van der Waals surface area contributed by atoms with Gasteiger partial charge in [0.25, 0.3) is 5.91 Å². The Bertz CT molecular complexity index is 926. The minimum atomic E-state index is -0.395. The highest BCUT2D eigenvalue weighted by Gasteiger charge is 2.17. The van der Waals surface area contributed by atoms with Crippen LogP contribution >= 0.6 is 11.6 Å². The van der Waals surface area contributed by atoms with Gasteiger partial charge in [0.15, 0.2) is 12.3 Å². The molecular weight excluding hydrogens is 358 g/mol. The summed E-state index contributed by atoms with van der Waals surface area (Å²) in [5, 5.41) is 10.8. The molecule has 0 saturated heterocycles. The second kappa shape index (κ2) is 7.88. The monoisotopic (exact) mass is 373 g/mol. The number of amides is 1. The van der Waals surface area contributed by atoms with Crippen molar-refractivity contribution >= 4 is 23.3 Å². The van der Waals surface area contributed by atoms with E-state index in [1.165, 1.54) is 0 Å². The van der Waals surface area contributed by atoms with Gasteiger partial charge in [-0.1, -0.05) is 17.7 Å². The number of carbonyl (C=O) groups excluding carboxylic acids is 1. The van der Waals surface area contributed by atoms with E-state index in [0.717, 1.165) is 16.9 Å². The van der Waals surface area contributed by atoms with Gasteiger partial charge in [-0.2, -0.15) is 0 Å². The van der Waals surface area contributed by atoms with Crippen LogP contribution in [0.15, 0.2) is 47.1 Å². The van der Waals surface area contributed by atoms with Gasteiger partial charge in [-0.15, -0.1) is 0 Å². The minimum absolute atomic E-state index is 0.200. The van der Waals surface area contributed by atoms with Gasteiger partial charge in [0.2, 0.25) is 5.82 Å². The largest absolute Gasteiger partial charge is 0.497 e. The number of hydrogen-bond acceptors (Lipinski definition) is 6. The van der Waals surface area contributed by atoms with E-state index < -0.39 is 5.91 Å². The number of ether oxygens (including phenoxy) is 2. The summed E-state index contributed by atoms with van der Waals surface area (Å²) >= 11 is 5.88. The minimum Gasteiger partial charge on any atom is -0.497 e. The average molecular weight is 374 g/mol. The van der Waals surface area contributed by atoms with Crippen molar-refractivity contribution in [1.29, 1.82) is 0 Å². The SMILES string of the molecule is COc1ccc(-c2nonc2NC(=O)COc2cccc(Cl)c2)c(C)c1. The van der Waals surface area contributed by atoms with Crippen molar-refractivity contribution in [2.24, 2.45) is 0 Å². The predicted octanol–water partition coefficient (Wildman–Crippen LogP) is 3.72. The van der Waals surface area contributed by atoms with Crippen molar-refractivity contribution in [3.8, 4) is 22.8 Å². The van der Waals surface area contributed by atoms with Crippen molar-refractivity contribution in [3.05, 3.63) is 53.1 Å². The van der Waals surface area contributed by atoms with E-state index in [1.54, 1.807) is 37.4 Å². The number of anilines is 1. The fourth-order valence-electron chi connectivity index (χ4n) is 2.35. The molecule has 134 valence electrons. The van der Waals surface area contributed by atoms with Gasteiger partial charge in [-0.25, -0.2) is 4.63 Å². The first kappa shape index (κ1) is 17.8. The van der Waals surface area contributed by atoms with E-state index in [4.69, 9.17) is 25.7 Å². The van der Waals surface area contributed by atoms with Crippen LogP contribution in [0.4, 0.5) is 5.82 Å². The van der Waals surface area contributed by atoms with E-state index in [9.17, 15) is 4.79 Å². The number of rotatable bonds is 6. The van der Waals surface area contributed by atoms with Crippen molar-refractivity contribution in [2.45, 2.75) is 6.92 Å².